The molecule has 26 heavy (non-hydrogen) atoms. The number of H-pyrrole nitrogens is 1. The number of fused-ring (bicyclic) bond motifs is 1. The van der Waals surface area contributed by atoms with Gasteiger partial charge in [0.25, 0.3) is 5.56 Å². The average Bonchev–Trinajstić information content (AvgIpc) is 2.61. The van der Waals surface area contributed by atoms with Crippen LogP contribution in [0.5, 0.6) is 5.75 Å². The van der Waals surface area contributed by atoms with Gasteiger partial charge in [-0.05, 0) is 48.6 Å². The number of benzene rings is 2. The van der Waals surface area contributed by atoms with Crippen LogP contribution in [0.15, 0.2) is 58.2 Å². The van der Waals surface area contributed by atoms with E-state index in [0.717, 1.165) is 5.39 Å². The van der Waals surface area contributed by atoms with Gasteiger partial charge in [0.05, 0.1) is 17.5 Å². The maximum absolute atomic E-state index is 12.4. The highest BCUT2D eigenvalue weighted by Gasteiger charge is 2.15. The van der Waals surface area contributed by atoms with Crippen LogP contribution < -0.4 is 15.0 Å². The molecule has 0 atom stereocenters. The van der Waals surface area contributed by atoms with Crippen LogP contribution in [0.25, 0.3) is 10.9 Å². The molecule has 1 aromatic heterocycles. The fraction of sp³-hybridized carbons (Fsp3) is 0.211. The molecule has 136 valence electrons. The third kappa shape index (κ3) is 3.79. The minimum Gasteiger partial charge on any atom is -0.497 e. The number of aryl methyl sites for hydroxylation is 1. The smallest absolute Gasteiger partial charge is 0.251 e. The van der Waals surface area contributed by atoms with E-state index in [0.29, 0.717) is 28.8 Å². The van der Waals surface area contributed by atoms with Gasteiger partial charge in [-0.1, -0.05) is 18.2 Å². The summed E-state index contributed by atoms with van der Waals surface area (Å²) in [6, 6.07) is 14.0. The van der Waals surface area contributed by atoms with Crippen molar-refractivity contribution in [3.8, 4) is 5.75 Å². The fourth-order valence-electron chi connectivity index (χ4n) is 2.79. The normalized spacial score (nSPS) is 11.6. The molecule has 0 saturated carbocycles. The summed E-state index contributed by atoms with van der Waals surface area (Å²) in [5.74, 6) is 0.659. The first-order chi connectivity index (χ1) is 12.4. The first kappa shape index (κ1) is 18.2. The lowest BCUT2D eigenvalue weighted by atomic mass is 10.1. The molecule has 0 radical (unpaired) electrons. The van der Waals surface area contributed by atoms with Crippen molar-refractivity contribution in [3.63, 3.8) is 0 Å². The summed E-state index contributed by atoms with van der Waals surface area (Å²) >= 11 is 0. The number of hydrogen-bond acceptors (Lipinski definition) is 4. The predicted molar refractivity (Wildman–Crippen MR) is 101 cm³/mol. The zero-order valence-electron chi connectivity index (χ0n) is 14.6. The van der Waals surface area contributed by atoms with Gasteiger partial charge in [-0.25, -0.2) is 13.1 Å². The molecule has 0 spiro atoms. The van der Waals surface area contributed by atoms with Crippen molar-refractivity contribution in [2.45, 2.75) is 18.2 Å². The van der Waals surface area contributed by atoms with Crippen LogP contribution in [-0.4, -0.2) is 27.1 Å². The van der Waals surface area contributed by atoms with Gasteiger partial charge in [-0.2, -0.15) is 0 Å². The van der Waals surface area contributed by atoms with E-state index in [1.807, 2.05) is 12.1 Å². The number of sulfonamides is 1. The van der Waals surface area contributed by atoms with Crippen molar-refractivity contribution in [2.75, 3.05) is 13.7 Å². The second-order valence-electron chi connectivity index (χ2n) is 5.99. The highest BCUT2D eigenvalue weighted by Crippen LogP contribution is 2.18. The van der Waals surface area contributed by atoms with Crippen LogP contribution in [-0.2, 0) is 16.4 Å². The van der Waals surface area contributed by atoms with E-state index in [4.69, 9.17) is 4.74 Å². The molecule has 0 aliphatic carbocycles. The lowest BCUT2D eigenvalue weighted by Crippen LogP contribution is -2.28. The number of aromatic nitrogens is 1. The molecule has 0 unspecified atom stereocenters. The minimum absolute atomic E-state index is 0.140. The molecule has 3 rings (SSSR count). The molecule has 2 N–H and O–H groups in total. The molecule has 1 heterocycles. The number of hydrogen-bond donors (Lipinski definition) is 2. The third-order valence-corrected chi connectivity index (χ3v) is 5.82. The monoisotopic (exact) mass is 372 g/mol. The van der Waals surface area contributed by atoms with Crippen LogP contribution in [0.2, 0.25) is 0 Å². The van der Waals surface area contributed by atoms with E-state index >= 15 is 0 Å². The van der Waals surface area contributed by atoms with E-state index in [1.165, 1.54) is 0 Å². The number of ether oxygens (including phenoxy) is 1. The molecule has 0 aliphatic heterocycles. The van der Waals surface area contributed by atoms with E-state index < -0.39 is 10.0 Å². The number of methoxy groups -OCH3 is 1. The van der Waals surface area contributed by atoms with E-state index in [9.17, 15) is 13.2 Å². The summed E-state index contributed by atoms with van der Waals surface area (Å²) < 4.78 is 32.5. The topological polar surface area (TPSA) is 88.3 Å². The van der Waals surface area contributed by atoms with Crippen molar-refractivity contribution in [1.82, 2.24) is 9.71 Å². The second kappa shape index (κ2) is 7.31. The molecule has 7 heteroatoms. The molecule has 3 aromatic rings. The zero-order valence-corrected chi connectivity index (χ0v) is 15.4. The lowest BCUT2D eigenvalue weighted by Gasteiger charge is -2.09. The van der Waals surface area contributed by atoms with Crippen molar-refractivity contribution >= 4 is 20.9 Å². The third-order valence-electron chi connectivity index (χ3n) is 4.20. The molecule has 0 saturated heterocycles. The van der Waals surface area contributed by atoms with Crippen molar-refractivity contribution in [2.24, 2.45) is 0 Å². The Morgan fingerprint density at radius 1 is 1.12 bits per heavy atom. The summed E-state index contributed by atoms with van der Waals surface area (Å²) in [6.07, 6.45) is 0.294. The SMILES string of the molecule is COc1ccc2cc(CCNS(=O)(=O)c3ccccc3C)c(=O)[nH]c2c1. The van der Waals surface area contributed by atoms with Gasteiger partial charge in [0.15, 0.2) is 0 Å². The first-order valence-electron chi connectivity index (χ1n) is 8.16. The van der Waals surface area contributed by atoms with Gasteiger partial charge in [0, 0.05) is 18.2 Å². The molecule has 6 nitrogen and oxygen atoms in total. The van der Waals surface area contributed by atoms with Gasteiger partial charge in [0.2, 0.25) is 10.0 Å². The lowest BCUT2D eigenvalue weighted by molar-refractivity contribution is 0.415. The van der Waals surface area contributed by atoms with Crippen molar-refractivity contribution < 1.29 is 13.2 Å². The van der Waals surface area contributed by atoms with E-state index in [1.54, 1.807) is 50.4 Å². The molecule has 0 amide bonds. The highest BCUT2D eigenvalue weighted by atomic mass is 32.2. The Morgan fingerprint density at radius 2 is 1.88 bits per heavy atom. The van der Waals surface area contributed by atoms with Crippen LogP contribution >= 0.6 is 0 Å². The molecule has 2 aromatic carbocycles. The average molecular weight is 372 g/mol. The second-order valence-corrected chi connectivity index (χ2v) is 7.73. The summed E-state index contributed by atoms with van der Waals surface area (Å²) in [6.45, 7) is 1.89. The van der Waals surface area contributed by atoms with Crippen LogP contribution in [0.1, 0.15) is 11.1 Å². The van der Waals surface area contributed by atoms with Gasteiger partial charge in [-0.3, -0.25) is 4.79 Å². The van der Waals surface area contributed by atoms with Crippen LogP contribution in [0.3, 0.4) is 0 Å². The molecular weight excluding hydrogens is 352 g/mol. The Hall–Kier alpha value is -2.64. The van der Waals surface area contributed by atoms with Gasteiger partial charge >= 0.3 is 0 Å². The minimum atomic E-state index is -3.60. The molecule has 0 bridgehead atoms. The molecule has 0 fully saturated rings. The number of aromatic amines is 1. The van der Waals surface area contributed by atoms with Gasteiger partial charge < -0.3 is 9.72 Å². The zero-order chi connectivity index (χ0) is 18.7. The largest absolute Gasteiger partial charge is 0.497 e. The fourth-order valence-corrected chi connectivity index (χ4v) is 4.07. The number of rotatable bonds is 6. The standard InChI is InChI=1S/C19H20N2O4S/c1-13-5-3-4-6-18(13)26(23,24)20-10-9-15-11-14-7-8-16(25-2)12-17(14)21-19(15)22/h3-8,11-12,20H,9-10H2,1-2H3,(H,21,22). The maximum atomic E-state index is 12.4. The Kier molecular flexibility index (Phi) is 5.11. The number of pyridine rings is 1. The summed E-state index contributed by atoms with van der Waals surface area (Å²) in [5, 5.41) is 0.863. The van der Waals surface area contributed by atoms with E-state index in [2.05, 4.69) is 9.71 Å². The van der Waals surface area contributed by atoms with Crippen molar-refractivity contribution in [3.05, 3.63) is 70.0 Å². The Bertz CT molecular complexity index is 1100. The van der Waals surface area contributed by atoms with Crippen molar-refractivity contribution in [1.29, 1.82) is 0 Å². The Morgan fingerprint density at radius 3 is 2.62 bits per heavy atom. The predicted octanol–water partition coefficient (Wildman–Crippen LogP) is 2.37. The maximum Gasteiger partial charge on any atom is 0.251 e. The first-order valence-corrected chi connectivity index (χ1v) is 9.64. The summed E-state index contributed by atoms with van der Waals surface area (Å²) in [5.41, 5.74) is 1.65. The quantitative estimate of drug-likeness (QED) is 0.695. The van der Waals surface area contributed by atoms with Crippen LogP contribution in [0.4, 0.5) is 0 Å². The summed E-state index contributed by atoms with van der Waals surface area (Å²) in [7, 11) is -2.04. The van der Waals surface area contributed by atoms with E-state index in [-0.39, 0.29) is 17.0 Å². The summed E-state index contributed by atoms with van der Waals surface area (Å²) in [4.78, 5) is 15.3. The number of nitrogens with one attached hydrogen (secondary N) is 2. The Balaban J connectivity index is 1.77. The van der Waals surface area contributed by atoms with Gasteiger partial charge in [0.1, 0.15) is 5.75 Å². The molecular formula is C19H20N2O4S. The van der Waals surface area contributed by atoms with Crippen LogP contribution in [0, 0.1) is 6.92 Å². The highest BCUT2D eigenvalue weighted by molar-refractivity contribution is 7.89. The van der Waals surface area contributed by atoms with Gasteiger partial charge in [-0.15, -0.1) is 0 Å². The molecule has 0 aliphatic rings. The Labute approximate surface area is 151 Å².